The van der Waals surface area contributed by atoms with Crippen molar-refractivity contribution >= 4 is 17.6 Å². The predicted octanol–water partition coefficient (Wildman–Crippen LogP) is 2.77. The van der Waals surface area contributed by atoms with E-state index in [2.05, 4.69) is 10.3 Å². The number of carbonyl (C=O) groups is 2. The van der Waals surface area contributed by atoms with Gasteiger partial charge in [-0.1, -0.05) is 6.07 Å². The molecule has 1 aromatic heterocycles. The van der Waals surface area contributed by atoms with Gasteiger partial charge >= 0.3 is 6.03 Å². The number of rotatable bonds is 7. The van der Waals surface area contributed by atoms with Crippen molar-refractivity contribution in [2.24, 2.45) is 0 Å². The molecular weight excluding hydrogens is 344 g/mol. The number of amides is 3. The van der Waals surface area contributed by atoms with Gasteiger partial charge in [-0.25, -0.2) is 4.79 Å². The summed E-state index contributed by atoms with van der Waals surface area (Å²) in [4.78, 5) is 32.3. The van der Waals surface area contributed by atoms with E-state index in [4.69, 9.17) is 4.74 Å². The smallest absolute Gasteiger partial charge is 0.322 e. The van der Waals surface area contributed by atoms with E-state index in [-0.39, 0.29) is 11.9 Å². The number of nitrogens with one attached hydrogen (secondary N) is 1. The number of ether oxygens (including phenoxy) is 1. The lowest BCUT2D eigenvalue weighted by Gasteiger charge is -2.24. The third-order valence-corrected chi connectivity index (χ3v) is 4.19. The van der Waals surface area contributed by atoms with E-state index in [9.17, 15) is 9.59 Å². The summed E-state index contributed by atoms with van der Waals surface area (Å²) < 4.78 is 5.13. The zero-order valence-corrected chi connectivity index (χ0v) is 16.2. The monoisotopic (exact) mass is 370 g/mol. The maximum absolute atomic E-state index is 12.8. The molecule has 2 aromatic rings. The summed E-state index contributed by atoms with van der Waals surface area (Å²) in [5.41, 5.74) is 2.89. The van der Waals surface area contributed by atoms with Gasteiger partial charge in [0.15, 0.2) is 0 Å². The number of aromatic nitrogens is 1. The molecule has 7 nitrogen and oxygen atoms in total. The molecule has 0 saturated carbocycles. The minimum atomic E-state index is -0.249. The Morgan fingerprint density at radius 2 is 1.85 bits per heavy atom. The molecule has 0 bridgehead atoms. The lowest BCUT2D eigenvalue weighted by atomic mass is 10.1. The van der Waals surface area contributed by atoms with Crippen LogP contribution in [-0.2, 0) is 11.3 Å². The third kappa shape index (κ3) is 5.52. The van der Waals surface area contributed by atoms with Gasteiger partial charge in [0, 0.05) is 57.9 Å². The third-order valence-electron chi connectivity index (χ3n) is 4.19. The fourth-order valence-corrected chi connectivity index (χ4v) is 2.60. The van der Waals surface area contributed by atoms with Gasteiger partial charge in [0.1, 0.15) is 0 Å². The molecule has 27 heavy (non-hydrogen) atoms. The maximum atomic E-state index is 12.8. The van der Waals surface area contributed by atoms with Crippen molar-refractivity contribution < 1.29 is 14.3 Å². The summed E-state index contributed by atoms with van der Waals surface area (Å²) in [6.45, 7) is 3.14. The fraction of sp³-hybridized carbons (Fsp3) is 0.350. The highest BCUT2D eigenvalue weighted by Gasteiger charge is 2.18. The molecule has 0 aliphatic rings. The number of hydrogen-bond acceptors (Lipinski definition) is 4. The molecule has 1 heterocycles. The Balaban J connectivity index is 2.19. The average molecular weight is 370 g/mol. The Kier molecular flexibility index (Phi) is 7.31. The van der Waals surface area contributed by atoms with Crippen molar-refractivity contribution in [2.75, 3.05) is 39.7 Å². The molecule has 0 unspecified atom stereocenters. The second-order valence-electron chi connectivity index (χ2n) is 6.38. The Bertz CT molecular complexity index is 778. The van der Waals surface area contributed by atoms with Gasteiger partial charge < -0.3 is 19.9 Å². The molecule has 3 amide bonds. The van der Waals surface area contributed by atoms with Crippen LogP contribution in [0.3, 0.4) is 0 Å². The molecule has 0 atom stereocenters. The fourth-order valence-electron chi connectivity index (χ4n) is 2.60. The number of nitrogens with zero attached hydrogens (tertiary/aromatic N) is 3. The number of urea groups is 1. The van der Waals surface area contributed by atoms with Crippen molar-refractivity contribution in [1.82, 2.24) is 14.8 Å². The van der Waals surface area contributed by atoms with Crippen LogP contribution in [0.4, 0.5) is 10.5 Å². The molecule has 0 spiro atoms. The van der Waals surface area contributed by atoms with E-state index in [1.54, 1.807) is 56.7 Å². The van der Waals surface area contributed by atoms with Gasteiger partial charge in [-0.2, -0.15) is 0 Å². The van der Waals surface area contributed by atoms with Gasteiger partial charge in [0.25, 0.3) is 5.91 Å². The Hall–Kier alpha value is -2.93. The second-order valence-corrected chi connectivity index (χ2v) is 6.38. The zero-order valence-electron chi connectivity index (χ0n) is 16.2. The molecule has 0 saturated heterocycles. The molecule has 0 radical (unpaired) electrons. The summed E-state index contributed by atoms with van der Waals surface area (Å²) in [7, 11) is 5.01. The van der Waals surface area contributed by atoms with Gasteiger partial charge in [-0.05, 0) is 42.3 Å². The molecule has 0 aliphatic heterocycles. The normalized spacial score (nSPS) is 10.4. The zero-order chi connectivity index (χ0) is 19.8. The predicted molar refractivity (Wildman–Crippen MR) is 105 cm³/mol. The molecule has 0 fully saturated rings. The largest absolute Gasteiger partial charge is 0.383 e. The van der Waals surface area contributed by atoms with Crippen LogP contribution in [0.1, 0.15) is 21.5 Å². The number of hydrogen-bond donors (Lipinski definition) is 1. The van der Waals surface area contributed by atoms with Gasteiger partial charge in [0.2, 0.25) is 0 Å². The first-order valence-electron chi connectivity index (χ1n) is 8.69. The van der Waals surface area contributed by atoms with Gasteiger partial charge in [-0.3, -0.25) is 9.78 Å². The first-order valence-corrected chi connectivity index (χ1v) is 8.69. The number of pyridine rings is 1. The summed E-state index contributed by atoms with van der Waals surface area (Å²) >= 11 is 0. The van der Waals surface area contributed by atoms with Crippen LogP contribution in [0.15, 0.2) is 42.7 Å². The number of benzene rings is 1. The molecule has 1 N–H and O–H groups in total. The van der Waals surface area contributed by atoms with E-state index in [0.717, 1.165) is 11.1 Å². The standard InChI is InChI=1S/C20H26N4O3/c1-15-17(19(25)23(2)3)6-5-7-18(15)22-20(26)24(12-13-27-4)14-16-8-10-21-11-9-16/h5-11H,12-14H2,1-4H3,(H,22,26). The first kappa shape index (κ1) is 20.4. The van der Waals surface area contributed by atoms with Crippen LogP contribution in [-0.4, -0.2) is 61.1 Å². The summed E-state index contributed by atoms with van der Waals surface area (Å²) in [5.74, 6) is -0.100. The summed E-state index contributed by atoms with van der Waals surface area (Å²) in [6.07, 6.45) is 3.39. The van der Waals surface area contributed by atoms with Crippen molar-refractivity contribution in [3.8, 4) is 0 Å². The van der Waals surface area contributed by atoms with Crippen LogP contribution >= 0.6 is 0 Å². The van der Waals surface area contributed by atoms with E-state index in [0.29, 0.717) is 30.9 Å². The Morgan fingerprint density at radius 1 is 1.15 bits per heavy atom. The van der Waals surface area contributed by atoms with E-state index < -0.39 is 0 Å². The quantitative estimate of drug-likeness (QED) is 0.813. The van der Waals surface area contributed by atoms with E-state index >= 15 is 0 Å². The highest BCUT2D eigenvalue weighted by Crippen LogP contribution is 2.20. The summed E-state index contributed by atoms with van der Waals surface area (Å²) in [6, 6.07) is 8.81. The van der Waals surface area contributed by atoms with Crippen LogP contribution < -0.4 is 5.32 Å². The molecule has 0 aliphatic carbocycles. The van der Waals surface area contributed by atoms with Crippen LogP contribution in [0.25, 0.3) is 0 Å². The van der Waals surface area contributed by atoms with Crippen LogP contribution in [0.5, 0.6) is 0 Å². The first-order chi connectivity index (χ1) is 12.9. The van der Waals surface area contributed by atoms with E-state index in [1.165, 1.54) is 4.90 Å². The molecular formula is C20H26N4O3. The number of anilines is 1. The SMILES string of the molecule is COCCN(Cc1ccncc1)C(=O)Nc1cccc(C(=O)N(C)C)c1C. The number of methoxy groups -OCH3 is 1. The second kappa shape index (κ2) is 9.68. The van der Waals surface area contributed by atoms with Gasteiger partial charge in [-0.15, -0.1) is 0 Å². The molecule has 1 aromatic carbocycles. The molecule has 7 heteroatoms. The summed E-state index contributed by atoms with van der Waals surface area (Å²) in [5, 5.41) is 2.92. The van der Waals surface area contributed by atoms with Crippen molar-refractivity contribution in [3.05, 3.63) is 59.4 Å². The topological polar surface area (TPSA) is 74.8 Å². The van der Waals surface area contributed by atoms with Crippen molar-refractivity contribution in [3.63, 3.8) is 0 Å². The maximum Gasteiger partial charge on any atom is 0.322 e. The average Bonchev–Trinajstić information content (AvgIpc) is 2.66. The van der Waals surface area contributed by atoms with E-state index in [1.807, 2.05) is 19.1 Å². The Morgan fingerprint density at radius 3 is 2.48 bits per heavy atom. The van der Waals surface area contributed by atoms with Crippen LogP contribution in [0.2, 0.25) is 0 Å². The van der Waals surface area contributed by atoms with Crippen molar-refractivity contribution in [1.29, 1.82) is 0 Å². The lowest BCUT2D eigenvalue weighted by Crippen LogP contribution is -2.37. The molecule has 2 rings (SSSR count). The highest BCUT2D eigenvalue weighted by molar-refractivity contribution is 5.98. The van der Waals surface area contributed by atoms with Gasteiger partial charge in [0.05, 0.1) is 6.61 Å². The minimum absolute atomic E-state index is 0.100. The Labute approximate surface area is 159 Å². The van der Waals surface area contributed by atoms with Crippen LogP contribution in [0, 0.1) is 6.92 Å². The van der Waals surface area contributed by atoms with Crippen molar-refractivity contribution in [2.45, 2.75) is 13.5 Å². The number of carbonyl (C=O) groups excluding carboxylic acids is 2. The minimum Gasteiger partial charge on any atom is -0.383 e. The highest BCUT2D eigenvalue weighted by atomic mass is 16.5. The lowest BCUT2D eigenvalue weighted by molar-refractivity contribution is 0.0827. The molecule has 144 valence electrons.